The molecule has 0 aliphatic heterocycles. The molecule has 0 bridgehead atoms. The van der Waals surface area contributed by atoms with Crippen LogP contribution in [0.3, 0.4) is 0 Å². The third-order valence-electron chi connectivity index (χ3n) is 3.06. The normalized spacial score (nSPS) is 10.9. The molecule has 1 aromatic carbocycles. The quantitative estimate of drug-likeness (QED) is 0.763. The SMILES string of the molecule is CCc1cc(=O)n2[nH]c(Nc3ccc(C)cc3)nc2n1. The number of hydrogen-bond acceptors (Lipinski definition) is 4. The van der Waals surface area contributed by atoms with Crippen LogP contribution in [-0.2, 0) is 6.42 Å². The molecule has 0 saturated carbocycles. The van der Waals surface area contributed by atoms with Gasteiger partial charge in [0.15, 0.2) is 0 Å². The van der Waals surface area contributed by atoms with E-state index in [-0.39, 0.29) is 5.56 Å². The predicted molar refractivity (Wildman–Crippen MR) is 77.4 cm³/mol. The molecule has 102 valence electrons. The largest absolute Gasteiger partial charge is 0.325 e. The average Bonchev–Trinajstić information content (AvgIpc) is 2.84. The monoisotopic (exact) mass is 269 g/mol. The number of rotatable bonds is 3. The van der Waals surface area contributed by atoms with Gasteiger partial charge < -0.3 is 5.32 Å². The Bertz CT molecular complexity index is 801. The van der Waals surface area contributed by atoms with Crippen LogP contribution in [0, 0.1) is 6.92 Å². The molecule has 20 heavy (non-hydrogen) atoms. The van der Waals surface area contributed by atoms with E-state index in [0.717, 1.165) is 11.4 Å². The molecule has 2 aromatic heterocycles. The van der Waals surface area contributed by atoms with Crippen LogP contribution >= 0.6 is 0 Å². The van der Waals surface area contributed by atoms with Crippen molar-refractivity contribution < 1.29 is 0 Å². The van der Waals surface area contributed by atoms with Gasteiger partial charge in [0, 0.05) is 17.4 Å². The average molecular weight is 269 g/mol. The van der Waals surface area contributed by atoms with Crippen LogP contribution in [0.2, 0.25) is 0 Å². The molecule has 6 nitrogen and oxygen atoms in total. The predicted octanol–water partition coefficient (Wildman–Crippen LogP) is 2.03. The minimum absolute atomic E-state index is 0.156. The van der Waals surface area contributed by atoms with Crippen molar-refractivity contribution in [1.82, 2.24) is 19.6 Å². The lowest BCUT2D eigenvalue weighted by Gasteiger charge is -2.01. The number of fused-ring (bicyclic) bond motifs is 1. The molecule has 6 heteroatoms. The van der Waals surface area contributed by atoms with Gasteiger partial charge in [0.2, 0.25) is 5.95 Å². The molecule has 0 aliphatic carbocycles. The van der Waals surface area contributed by atoms with Gasteiger partial charge in [-0.1, -0.05) is 24.6 Å². The second kappa shape index (κ2) is 4.80. The summed E-state index contributed by atoms with van der Waals surface area (Å²) in [5, 5.41) is 6.02. The molecule has 0 fully saturated rings. The summed E-state index contributed by atoms with van der Waals surface area (Å²) in [5.41, 5.74) is 2.67. The van der Waals surface area contributed by atoms with Crippen LogP contribution in [-0.4, -0.2) is 19.6 Å². The van der Waals surface area contributed by atoms with Crippen LogP contribution in [0.5, 0.6) is 0 Å². The van der Waals surface area contributed by atoms with E-state index in [2.05, 4.69) is 20.4 Å². The Morgan fingerprint density at radius 1 is 1.25 bits per heavy atom. The third kappa shape index (κ3) is 2.27. The first kappa shape index (κ1) is 12.4. The van der Waals surface area contributed by atoms with Crippen molar-refractivity contribution in [2.24, 2.45) is 0 Å². The van der Waals surface area contributed by atoms with Crippen molar-refractivity contribution in [3.05, 3.63) is 51.9 Å². The summed E-state index contributed by atoms with van der Waals surface area (Å²) >= 11 is 0. The van der Waals surface area contributed by atoms with Crippen molar-refractivity contribution in [3.8, 4) is 0 Å². The topological polar surface area (TPSA) is 75.1 Å². The summed E-state index contributed by atoms with van der Waals surface area (Å²) < 4.78 is 1.33. The molecule has 3 rings (SSSR count). The van der Waals surface area contributed by atoms with Crippen LogP contribution in [0.1, 0.15) is 18.2 Å². The molecule has 3 aromatic rings. The van der Waals surface area contributed by atoms with Crippen molar-refractivity contribution >= 4 is 17.4 Å². The maximum atomic E-state index is 11.9. The van der Waals surface area contributed by atoms with Crippen molar-refractivity contribution in [3.63, 3.8) is 0 Å². The van der Waals surface area contributed by atoms with Crippen LogP contribution in [0.4, 0.5) is 11.6 Å². The van der Waals surface area contributed by atoms with Gasteiger partial charge in [-0.2, -0.15) is 9.50 Å². The highest BCUT2D eigenvalue weighted by atomic mass is 16.1. The lowest BCUT2D eigenvalue weighted by atomic mass is 10.2. The van der Waals surface area contributed by atoms with Gasteiger partial charge in [-0.3, -0.25) is 9.89 Å². The maximum absolute atomic E-state index is 11.9. The number of aryl methyl sites for hydroxylation is 2. The van der Waals surface area contributed by atoms with Crippen molar-refractivity contribution in [2.75, 3.05) is 5.32 Å². The molecule has 2 N–H and O–H groups in total. The zero-order valence-corrected chi connectivity index (χ0v) is 11.3. The standard InChI is InChI=1S/C14H15N5O/c1-3-10-8-12(20)19-14(16-10)17-13(18-19)15-11-6-4-9(2)5-7-11/h4-8H,3H2,1-2H3,(H2,15,16,17,18). The second-order valence-electron chi connectivity index (χ2n) is 4.64. The lowest BCUT2D eigenvalue weighted by molar-refractivity contribution is 0.877. The van der Waals surface area contributed by atoms with Crippen LogP contribution in [0.15, 0.2) is 35.1 Å². The Kier molecular flexibility index (Phi) is 2.98. The van der Waals surface area contributed by atoms with E-state index < -0.39 is 0 Å². The fourth-order valence-electron chi connectivity index (χ4n) is 1.94. The lowest BCUT2D eigenvalue weighted by Crippen LogP contribution is -2.15. The number of hydrogen-bond donors (Lipinski definition) is 2. The zero-order chi connectivity index (χ0) is 14.1. The van der Waals surface area contributed by atoms with Gasteiger partial charge >= 0.3 is 0 Å². The molecule has 0 radical (unpaired) electrons. The van der Waals surface area contributed by atoms with Gasteiger partial charge in [0.25, 0.3) is 11.3 Å². The molecule has 0 atom stereocenters. The number of aromatic amines is 1. The summed E-state index contributed by atoms with van der Waals surface area (Å²) in [4.78, 5) is 20.5. The molecular weight excluding hydrogens is 254 g/mol. The summed E-state index contributed by atoms with van der Waals surface area (Å²) in [7, 11) is 0. The Balaban J connectivity index is 1.98. The van der Waals surface area contributed by atoms with Gasteiger partial charge in [-0.15, -0.1) is 0 Å². The first-order valence-electron chi connectivity index (χ1n) is 6.48. The second-order valence-corrected chi connectivity index (χ2v) is 4.64. The fraction of sp³-hybridized carbons (Fsp3) is 0.214. The minimum Gasteiger partial charge on any atom is -0.325 e. The highest BCUT2D eigenvalue weighted by Crippen LogP contribution is 2.13. The number of anilines is 2. The molecule has 0 amide bonds. The molecule has 0 saturated heterocycles. The first-order valence-corrected chi connectivity index (χ1v) is 6.48. The Morgan fingerprint density at radius 2 is 2.00 bits per heavy atom. The van der Waals surface area contributed by atoms with Crippen LogP contribution in [0.25, 0.3) is 5.78 Å². The Hall–Kier alpha value is -2.63. The van der Waals surface area contributed by atoms with E-state index in [9.17, 15) is 4.79 Å². The molecule has 2 heterocycles. The van der Waals surface area contributed by atoms with E-state index in [1.54, 1.807) is 0 Å². The smallest absolute Gasteiger partial charge is 0.274 e. The number of benzene rings is 1. The van der Waals surface area contributed by atoms with E-state index >= 15 is 0 Å². The van der Waals surface area contributed by atoms with Crippen molar-refractivity contribution in [2.45, 2.75) is 20.3 Å². The van der Waals surface area contributed by atoms with Crippen molar-refractivity contribution in [1.29, 1.82) is 0 Å². The summed E-state index contributed by atoms with van der Waals surface area (Å²) in [5.74, 6) is 0.871. The number of H-pyrrole nitrogens is 1. The van der Waals surface area contributed by atoms with E-state index in [1.165, 1.54) is 16.1 Å². The summed E-state index contributed by atoms with van der Waals surface area (Å²) in [6, 6.07) is 9.43. The summed E-state index contributed by atoms with van der Waals surface area (Å²) in [6.45, 7) is 3.98. The Labute approximate surface area is 115 Å². The molecule has 0 aliphatic rings. The Morgan fingerprint density at radius 3 is 2.70 bits per heavy atom. The summed E-state index contributed by atoms with van der Waals surface area (Å²) in [6.07, 6.45) is 0.708. The van der Waals surface area contributed by atoms with E-state index in [4.69, 9.17) is 0 Å². The number of aromatic nitrogens is 4. The first-order chi connectivity index (χ1) is 9.65. The van der Waals surface area contributed by atoms with Gasteiger partial charge in [0.05, 0.1) is 0 Å². The van der Waals surface area contributed by atoms with E-state index in [1.807, 2.05) is 38.1 Å². The highest BCUT2D eigenvalue weighted by Gasteiger charge is 2.07. The fourth-order valence-corrected chi connectivity index (χ4v) is 1.94. The molecular formula is C14H15N5O. The number of nitrogens with one attached hydrogen (secondary N) is 2. The van der Waals surface area contributed by atoms with Gasteiger partial charge in [0.1, 0.15) is 0 Å². The highest BCUT2D eigenvalue weighted by molar-refractivity contribution is 5.54. The number of nitrogens with zero attached hydrogens (tertiary/aromatic N) is 3. The van der Waals surface area contributed by atoms with Gasteiger partial charge in [-0.25, -0.2) is 4.98 Å². The van der Waals surface area contributed by atoms with Crippen LogP contribution < -0.4 is 10.9 Å². The molecule has 0 unspecified atom stereocenters. The third-order valence-corrected chi connectivity index (χ3v) is 3.06. The van der Waals surface area contributed by atoms with Gasteiger partial charge in [-0.05, 0) is 25.5 Å². The maximum Gasteiger partial charge on any atom is 0.274 e. The minimum atomic E-state index is -0.156. The zero-order valence-electron chi connectivity index (χ0n) is 11.3. The molecule has 0 spiro atoms. The van der Waals surface area contributed by atoms with E-state index in [0.29, 0.717) is 18.1 Å².